The molecule has 0 spiro atoms. The number of hydrogen-bond donors (Lipinski definition) is 2. The lowest BCUT2D eigenvalue weighted by Gasteiger charge is -2.00. The van der Waals surface area contributed by atoms with Gasteiger partial charge < -0.3 is 10.4 Å². The second-order valence-electron chi connectivity index (χ2n) is 3.47. The van der Waals surface area contributed by atoms with Crippen molar-refractivity contribution in [3.05, 3.63) is 17.7 Å². The minimum atomic E-state index is -1.08. The quantitative estimate of drug-likeness (QED) is 0.785. The van der Waals surface area contributed by atoms with Crippen LogP contribution in [0.15, 0.2) is 6.20 Å². The first-order chi connectivity index (χ1) is 8.69. The van der Waals surface area contributed by atoms with Gasteiger partial charge in [0.15, 0.2) is 5.69 Å². The first kappa shape index (κ1) is 12.4. The highest BCUT2D eigenvalue weighted by Gasteiger charge is 2.08. The Morgan fingerprint density at radius 1 is 1.61 bits per heavy atom. The molecule has 2 aromatic rings. The smallest absolute Gasteiger partial charge is 0.358 e. The summed E-state index contributed by atoms with van der Waals surface area (Å²) in [5, 5.41) is 19.8. The van der Waals surface area contributed by atoms with Crippen LogP contribution in [0.3, 0.4) is 0 Å². The van der Waals surface area contributed by atoms with Crippen molar-refractivity contribution in [2.75, 3.05) is 11.9 Å². The summed E-state index contributed by atoms with van der Waals surface area (Å²) in [6.45, 7) is 3.09. The van der Waals surface area contributed by atoms with Gasteiger partial charge in [-0.3, -0.25) is 0 Å². The average Bonchev–Trinajstić information content (AvgIpc) is 2.97. The highest BCUT2D eigenvalue weighted by Crippen LogP contribution is 2.10. The van der Waals surface area contributed by atoms with Crippen LogP contribution < -0.4 is 5.32 Å². The van der Waals surface area contributed by atoms with Crippen molar-refractivity contribution in [3.63, 3.8) is 0 Å². The zero-order valence-electron chi connectivity index (χ0n) is 9.70. The molecule has 0 bridgehead atoms. The predicted molar refractivity (Wildman–Crippen MR) is 64.8 cm³/mol. The van der Waals surface area contributed by atoms with Crippen LogP contribution in [-0.2, 0) is 13.0 Å². The van der Waals surface area contributed by atoms with E-state index in [0.717, 1.165) is 17.4 Å². The molecular weight excluding hydrogens is 256 g/mol. The van der Waals surface area contributed by atoms with Crippen LogP contribution in [0.1, 0.15) is 23.2 Å². The Hall–Kier alpha value is -2.03. The standard InChI is InChI=1S/C9H12N6O2S/c1-2-7-11-9(18-13-7)10-3-4-15-5-6(8(16)17)12-14-15/h5H,2-4H2,1H3,(H,16,17)(H,10,11,13). The van der Waals surface area contributed by atoms with E-state index in [2.05, 4.69) is 25.0 Å². The van der Waals surface area contributed by atoms with Crippen LogP contribution in [0.4, 0.5) is 5.13 Å². The number of aromatic carboxylic acids is 1. The van der Waals surface area contributed by atoms with Crippen molar-refractivity contribution < 1.29 is 9.90 Å². The molecule has 0 atom stereocenters. The van der Waals surface area contributed by atoms with Crippen molar-refractivity contribution >= 4 is 22.6 Å². The highest BCUT2D eigenvalue weighted by atomic mass is 32.1. The van der Waals surface area contributed by atoms with E-state index in [-0.39, 0.29) is 5.69 Å². The van der Waals surface area contributed by atoms with Gasteiger partial charge in [-0.1, -0.05) is 12.1 Å². The fourth-order valence-corrected chi connectivity index (χ4v) is 1.93. The fraction of sp³-hybridized carbons (Fsp3) is 0.444. The van der Waals surface area contributed by atoms with E-state index < -0.39 is 5.97 Å². The molecule has 0 saturated heterocycles. The van der Waals surface area contributed by atoms with Gasteiger partial charge in [0.25, 0.3) is 0 Å². The van der Waals surface area contributed by atoms with E-state index in [1.807, 2.05) is 6.92 Å². The molecule has 2 rings (SSSR count). The van der Waals surface area contributed by atoms with E-state index in [0.29, 0.717) is 13.1 Å². The van der Waals surface area contributed by atoms with Gasteiger partial charge in [0, 0.05) is 24.5 Å². The van der Waals surface area contributed by atoms with Crippen molar-refractivity contribution in [2.45, 2.75) is 19.9 Å². The van der Waals surface area contributed by atoms with E-state index in [4.69, 9.17) is 5.11 Å². The number of aryl methyl sites for hydroxylation is 1. The number of aromatic nitrogens is 5. The van der Waals surface area contributed by atoms with Crippen LogP contribution in [0, 0.1) is 0 Å². The Morgan fingerprint density at radius 3 is 3.06 bits per heavy atom. The first-order valence-electron chi connectivity index (χ1n) is 5.39. The maximum Gasteiger partial charge on any atom is 0.358 e. The summed E-state index contributed by atoms with van der Waals surface area (Å²) in [6.07, 6.45) is 2.20. The first-order valence-corrected chi connectivity index (χ1v) is 6.16. The minimum Gasteiger partial charge on any atom is -0.476 e. The van der Waals surface area contributed by atoms with Crippen molar-refractivity contribution in [1.82, 2.24) is 24.4 Å². The summed E-state index contributed by atoms with van der Waals surface area (Å²) in [4.78, 5) is 14.8. The summed E-state index contributed by atoms with van der Waals surface area (Å²) >= 11 is 1.31. The lowest BCUT2D eigenvalue weighted by atomic mass is 10.5. The summed E-state index contributed by atoms with van der Waals surface area (Å²) < 4.78 is 5.61. The summed E-state index contributed by atoms with van der Waals surface area (Å²) in [6, 6.07) is 0. The summed E-state index contributed by atoms with van der Waals surface area (Å²) in [7, 11) is 0. The van der Waals surface area contributed by atoms with Crippen LogP contribution in [0.2, 0.25) is 0 Å². The van der Waals surface area contributed by atoms with E-state index in [1.54, 1.807) is 0 Å². The zero-order valence-corrected chi connectivity index (χ0v) is 10.5. The molecule has 96 valence electrons. The van der Waals surface area contributed by atoms with Gasteiger partial charge in [-0.15, -0.1) is 5.10 Å². The predicted octanol–water partition coefficient (Wildman–Crippen LogP) is 0.502. The number of hydrogen-bond acceptors (Lipinski definition) is 7. The maximum atomic E-state index is 10.6. The molecule has 0 unspecified atom stereocenters. The molecule has 0 aromatic carbocycles. The number of nitrogens with zero attached hydrogens (tertiary/aromatic N) is 5. The number of carboxylic acid groups (broad SMARTS) is 1. The molecule has 0 fully saturated rings. The molecule has 0 aliphatic rings. The third-order valence-electron chi connectivity index (χ3n) is 2.16. The molecule has 0 saturated carbocycles. The number of nitrogens with one attached hydrogen (secondary N) is 1. The normalized spacial score (nSPS) is 10.5. The molecule has 0 radical (unpaired) electrons. The van der Waals surface area contributed by atoms with Gasteiger partial charge in [0.1, 0.15) is 5.82 Å². The highest BCUT2D eigenvalue weighted by molar-refractivity contribution is 7.09. The van der Waals surface area contributed by atoms with Crippen LogP contribution >= 0.6 is 11.5 Å². The molecule has 0 aliphatic heterocycles. The Kier molecular flexibility index (Phi) is 3.82. The van der Waals surface area contributed by atoms with Gasteiger partial charge in [0.2, 0.25) is 5.13 Å². The minimum absolute atomic E-state index is 0.0563. The third kappa shape index (κ3) is 3.00. The van der Waals surface area contributed by atoms with Crippen LogP contribution in [0.25, 0.3) is 0 Å². The van der Waals surface area contributed by atoms with Crippen LogP contribution in [0.5, 0.6) is 0 Å². The second kappa shape index (κ2) is 5.54. The monoisotopic (exact) mass is 268 g/mol. The van der Waals surface area contributed by atoms with Gasteiger partial charge in [-0.25, -0.2) is 14.5 Å². The van der Waals surface area contributed by atoms with E-state index >= 15 is 0 Å². The number of anilines is 1. The maximum absolute atomic E-state index is 10.6. The summed E-state index contributed by atoms with van der Waals surface area (Å²) in [5.74, 6) is -0.262. The van der Waals surface area contributed by atoms with Gasteiger partial charge in [0.05, 0.1) is 12.7 Å². The largest absolute Gasteiger partial charge is 0.476 e. The molecule has 18 heavy (non-hydrogen) atoms. The molecule has 2 N–H and O–H groups in total. The topological polar surface area (TPSA) is 106 Å². The van der Waals surface area contributed by atoms with Gasteiger partial charge in [-0.2, -0.15) is 4.37 Å². The Morgan fingerprint density at radius 2 is 2.44 bits per heavy atom. The van der Waals surface area contributed by atoms with E-state index in [9.17, 15) is 4.79 Å². The molecule has 0 amide bonds. The molecule has 2 heterocycles. The lowest BCUT2D eigenvalue weighted by Crippen LogP contribution is -2.11. The molecule has 2 aromatic heterocycles. The molecular formula is C9H12N6O2S. The zero-order chi connectivity index (χ0) is 13.0. The Bertz CT molecular complexity index is 537. The number of carbonyl (C=O) groups is 1. The SMILES string of the molecule is CCc1nsc(NCCn2cc(C(=O)O)nn2)n1. The molecule has 8 nitrogen and oxygen atoms in total. The van der Waals surface area contributed by atoms with Gasteiger partial charge >= 0.3 is 5.97 Å². The van der Waals surface area contributed by atoms with Crippen molar-refractivity contribution in [2.24, 2.45) is 0 Å². The summed E-state index contributed by atoms with van der Waals surface area (Å²) in [5.41, 5.74) is -0.0563. The fourth-order valence-electron chi connectivity index (χ4n) is 1.25. The molecule has 0 aliphatic carbocycles. The number of carboxylic acids is 1. The number of rotatable bonds is 6. The third-order valence-corrected chi connectivity index (χ3v) is 2.87. The average molecular weight is 268 g/mol. The Labute approximate surface area is 107 Å². The Balaban J connectivity index is 1.82. The van der Waals surface area contributed by atoms with Gasteiger partial charge in [-0.05, 0) is 0 Å². The second-order valence-corrected chi connectivity index (χ2v) is 4.22. The van der Waals surface area contributed by atoms with E-state index in [1.165, 1.54) is 22.4 Å². The van der Waals surface area contributed by atoms with Crippen molar-refractivity contribution in [3.8, 4) is 0 Å². The molecule has 9 heteroatoms. The van der Waals surface area contributed by atoms with Crippen LogP contribution in [-0.4, -0.2) is 42.0 Å². The van der Waals surface area contributed by atoms with Crippen molar-refractivity contribution in [1.29, 1.82) is 0 Å². The lowest BCUT2D eigenvalue weighted by molar-refractivity contribution is 0.0690.